The lowest BCUT2D eigenvalue weighted by molar-refractivity contribution is -0.109. The van der Waals surface area contributed by atoms with Crippen molar-refractivity contribution in [2.75, 3.05) is 26.2 Å². The van der Waals surface area contributed by atoms with Crippen LogP contribution in [0.1, 0.15) is 42.4 Å². The molecular weight excluding hydrogens is 479 g/mol. The molecule has 4 rings (SSSR count). The number of hydrogen-bond donors (Lipinski definition) is 2. The lowest BCUT2D eigenvalue weighted by Gasteiger charge is -2.40. The molecule has 0 unspecified atom stereocenters. The summed E-state index contributed by atoms with van der Waals surface area (Å²) in [6, 6.07) is 28.5. The molecule has 6 heteroatoms. The van der Waals surface area contributed by atoms with E-state index < -0.39 is 5.60 Å². The Kier molecular flexibility index (Phi) is 9.76. The molecule has 35 heavy (non-hydrogen) atoms. The second-order valence-corrected chi connectivity index (χ2v) is 9.73. The summed E-state index contributed by atoms with van der Waals surface area (Å²) in [4.78, 5) is 13.7. The van der Waals surface area contributed by atoms with Crippen LogP contribution in [0.2, 0.25) is 5.02 Å². The lowest BCUT2D eigenvalue weighted by atomic mass is 9.71. The highest BCUT2D eigenvalue weighted by molar-refractivity contribution is 6.30. The average Bonchev–Trinajstić information content (AvgIpc) is 2.89. The van der Waals surface area contributed by atoms with Gasteiger partial charge in [-0.15, -0.1) is 12.4 Å². The number of aliphatic hydroxyl groups is 1. The van der Waals surface area contributed by atoms with Gasteiger partial charge in [-0.05, 0) is 61.1 Å². The number of likely N-dealkylation sites (tertiary alicyclic amines) is 1. The first-order valence-electron chi connectivity index (χ1n) is 12.0. The van der Waals surface area contributed by atoms with Gasteiger partial charge in [0.15, 0.2) is 0 Å². The number of rotatable bonds is 10. The fraction of sp³-hybridized carbons (Fsp3) is 0.345. The van der Waals surface area contributed by atoms with E-state index >= 15 is 0 Å². The monoisotopic (exact) mass is 512 g/mol. The van der Waals surface area contributed by atoms with Crippen LogP contribution >= 0.6 is 24.0 Å². The Morgan fingerprint density at radius 2 is 1.46 bits per heavy atom. The first kappa shape index (κ1) is 27.2. The van der Waals surface area contributed by atoms with Gasteiger partial charge in [0.25, 0.3) is 0 Å². The number of piperidine rings is 1. The van der Waals surface area contributed by atoms with Crippen molar-refractivity contribution in [3.05, 3.63) is 107 Å². The Labute approximate surface area is 219 Å². The Morgan fingerprint density at radius 3 is 1.97 bits per heavy atom. The molecule has 186 valence electrons. The van der Waals surface area contributed by atoms with Gasteiger partial charge >= 0.3 is 0 Å². The Morgan fingerprint density at radius 1 is 0.914 bits per heavy atom. The quantitative estimate of drug-likeness (QED) is 0.349. The molecule has 4 nitrogen and oxygen atoms in total. The molecule has 3 aromatic carbocycles. The molecule has 0 bridgehead atoms. The molecule has 1 amide bonds. The molecule has 1 fully saturated rings. The van der Waals surface area contributed by atoms with Crippen LogP contribution in [-0.2, 0) is 15.8 Å². The Balaban J connectivity index is 0.00000342. The molecule has 0 saturated carbocycles. The van der Waals surface area contributed by atoms with Crippen LogP contribution < -0.4 is 5.32 Å². The van der Waals surface area contributed by atoms with Gasteiger partial charge in [-0.25, -0.2) is 0 Å². The summed E-state index contributed by atoms with van der Waals surface area (Å²) in [5.74, 6) is 0. The molecule has 1 saturated heterocycles. The first-order valence-corrected chi connectivity index (χ1v) is 12.4. The number of hydrogen-bond acceptors (Lipinski definition) is 3. The summed E-state index contributed by atoms with van der Waals surface area (Å²) in [7, 11) is 0. The van der Waals surface area contributed by atoms with Gasteiger partial charge in [0.2, 0.25) is 6.41 Å². The maximum Gasteiger partial charge on any atom is 0.207 e. The van der Waals surface area contributed by atoms with E-state index in [1.54, 1.807) is 0 Å². The molecule has 0 spiro atoms. The van der Waals surface area contributed by atoms with E-state index in [2.05, 4.69) is 58.7 Å². The van der Waals surface area contributed by atoms with Crippen molar-refractivity contribution in [2.24, 2.45) is 0 Å². The van der Waals surface area contributed by atoms with Gasteiger partial charge in [-0.1, -0.05) is 84.4 Å². The van der Waals surface area contributed by atoms with Crippen molar-refractivity contribution in [1.82, 2.24) is 10.2 Å². The van der Waals surface area contributed by atoms with Crippen molar-refractivity contribution in [1.29, 1.82) is 0 Å². The fourth-order valence-electron chi connectivity index (χ4n) is 5.28. The van der Waals surface area contributed by atoms with Crippen LogP contribution in [0.3, 0.4) is 0 Å². The second kappa shape index (κ2) is 12.5. The SMILES string of the molecule is Cl.O=CNCC(CCCN1CCC(O)(c2ccc(Cl)cc2)CC1)(c1ccccc1)c1ccccc1. The highest BCUT2D eigenvalue weighted by Gasteiger charge is 2.36. The largest absolute Gasteiger partial charge is 0.385 e. The molecule has 1 aliphatic rings. The van der Waals surface area contributed by atoms with Crippen molar-refractivity contribution < 1.29 is 9.90 Å². The zero-order valence-electron chi connectivity index (χ0n) is 19.9. The van der Waals surface area contributed by atoms with Gasteiger partial charge in [-0.3, -0.25) is 4.79 Å². The fourth-order valence-corrected chi connectivity index (χ4v) is 5.40. The lowest BCUT2D eigenvalue weighted by Crippen LogP contribution is -2.44. The van der Waals surface area contributed by atoms with Crippen LogP contribution in [-0.4, -0.2) is 42.6 Å². The summed E-state index contributed by atoms with van der Waals surface area (Å²) < 4.78 is 0. The van der Waals surface area contributed by atoms with Gasteiger partial charge in [0, 0.05) is 30.1 Å². The Bertz CT molecular complexity index is 998. The molecule has 0 atom stereocenters. The van der Waals surface area contributed by atoms with Crippen LogP contribution in [0.25, 0.3) is 0 Å². The minimum absolute atomic E-state index is 0. The number of halogens is 2. The van der Waals surface area contributed by atoms with Crippen molar-refractivity contribution in [2.45, 2.75) is 36.7 Å². The number of carbonyl (C=O) groups is 1. The van der Waals surface area contributed by atoms with Crippen LogP contribution in [0.5, 0.6) is 0 Å². The van der Waals surface area contributed by atoms with E-state index in [1.165, 1.54) is 11.1 Å². The number of nitrogens with zero attached hydrogens (tertiary/aromatic N) is 1. The highest BCUT2D eigenvalue weighted by atomic mass is 35.5. The zero-order chi connectivity index (χ0) is 23.9. The number of amides is 1. The predicted molar refractivity (Wildman–Crippen MR) is 145 cm³/mol. The third-order valence-corrected chi connectivity index (χ3v) is 7.53. The number of nitrogens with one attached hydrogen (secondary N) is 1. The third kappa shape index (κ3) is 6.45. The molecule has 3 aromatic rings. The van der Waals surface area contributed by atoms with E-state index in [1.807, 2.05) is 36.4 Å². The normalized spacial score (nSPS) is 15.7. The number of carbonyl (C=O) groups excluding carboxylic acids is 1. The molecule has 0 radical (unpaired) electrons. The van der Waals surface area contributed by atoms with Crippen LogP contribution in [0.4, 0.5) is 0 Å². The van der Waals surface area contributed by atoms with E-state index in [-0.39, 0.29) is 17.8 Å². The van der Waals surface area contributed by atoms with E-state index in [9.17, 15) is 9.90 Å². The molecule has 2 N–H and O–H groups in total. The second-order valence-electron chi connectivity index (χ2n) is 9.30. The van der Waals surface area contributed by atoms with Gasteiger partial charge in [0.05, 0.1) is 5.60 Å². The maximum atomic E-state index is 11.3. The summed E-state index contributed by atoms with van der Waals surface area (Å²) in [6.45, 7) is 3.23. The molecule has 1 heterocycles. The first-order chi connectivity index (χ1) is 16.6. The van der Waals surface area contributed by atoms with Gasteiger partial charge < -0.3 is 15.3 Å². The van der Waals surface area contributed by atoms with Crippen LogP contribution in [0, 0.1) is 0 Å². The summed E-state index contributed by atoms with van der Waals surface area (Å²) in [5, 5.41) is 14.8. The summed E-state index contributed by atoms with van der Waals surface area (Å²) in [5.41, 5.74) is 2.30. The van der Waals surface area contributed by atoms with Gasteiger partial charge in [-0.2, -0.15) is 0 Å². The van der Waals surface area contributed by atoms with E-state index in [0.717, 1.165) is 44.4 Å². The molecule has 0 aliphatic carbocycles. The predicted octanol–water partition coefficient (Wildman–Crippen LogP) is 5.56. The zero-order valence-corrected chi connectivity index (χ0v) is 21.5. The molecule has 0 aromatic heterocycles. The van der Waals surface area contributed by atoms with Gasteiger partial charge in [0.1, 0.15) is 0 Å². The van der Waals surface area contributed by atoms with Crippen LogP contribution in [0.15, 0.2) is 84.9 Å². The van der Waals surface area contributed by atoms with E-state index in [0.29, 0.717) is 24.4 Å². The average molecular weight is 514 g/mol. The Hall–Kier alpha value is -2.37. The maximum absolute atomic E-state index is 11.3. The standard InChI is InChI=1S/C29H33ClN2O2.ClH/c30-27-14-12-26(13-15-27)29(34)17-20-32(21-18-29)19-7-16-28(22-31-23-33,24-8-3-1-4-9-24)25-10-5-2-6-11-25;/h1-6,8-15,23,34H,7,16-22H2,(H,31,33);1H. The van der Waals surface area contributed by atoms with E-state index in [4.69, 9.17) is 11.6 Å². The minimum Gasteiger partial charge on any atom is -0.385 e. The van der Waals surface area contributed by atoms with Crippen molar-refractivity contribution in [3.8, 4) is 0 Å². The summed E-state index contributed by atoms with van der Waals surface area (Å²) >= 11 is 6.02. The summed E-state index contributed by atoms with van der Waals surface area (Å²) in [6.07, 6.45) is 4.13. The molecule has 1 aliphatic heterocycles. The third-order valence-electron chi connectivity index (χ3n) is 7.28. The van der Waals surface area contributed by atoms with Crippen molar-refractivity contribution in [3.63, 3.8) is 0 Å². The molecular formula is C29H34Cl2N2O2. The van der Waals surface area contributed by atoms with Crippen molar-refractivity contribution >= 4 is 30.4 Å². The highest BCUT2D eigenvalue weighted by Crippen LogP contribution is 2.37. The minimum atomic E-state index is -0.785. The topological polar surface area (TPSA) is 52.6 Å². The smallest absolute Gasteiger partial charge is 0.207 e. The number of benzene rings is 3.